The van der Waals surface area contributed by atoms with Gasteiger partial charge in [0, 0.05) is 45.2 Å². The Labute approximate surface area is 172 Å². The lowest BCUT2D eigenvalue weighted by atomic mass is 9.93. The van der Waals surface area contributed by atoms with E-state index in [1.807, 2.05) is 6.92 Å². The largest absolute Gasteiger partial charge is 0.359 e. The van der Waals surface area contributed by atoms with E-state index in [9.17, 15) is 14.0 Å². The van der Waals surface area contributed by atoms with Crippen molar-refractivity contribution in [2.24, 2.45) is 10.9 Å². The number of hydrogen-bond acceptors (Lipinski definition) is 3. The van der Waals surface area contributed by atoms with Crippen molar-refractivity contribution in [3.05, 3.63) is 35.1 Å². The summed E-state index contributed by atoms with van der Waals surface area (Å²) in [4.78, 5) is 30.5. The van der Waals surface area contributed by atoms with Crippen LogP contribution < -0.4 is 16.0 Å². The van der Waals surface area contributed by atoms with Gasteiger partial charge in [-0.05, 0) is 50.3 Å². The lowest BCUT2D eigenvalue weighted by Gasteiger charge is -2.34. The van der Waals surface area contributed by atoms with Gasteiger partial charge in [-0.15, -0.1) is 0 Å². The number of benzene rings is 1. The molecule has 1 heterocycles. The van der Waals surface area contributed by atoms with Gasteiger partial charge < -0.3 is 20.9 Å². The highest BCUT2D eigenvalue weighted by molar-refractivity contribution is 5.94. The number of hydrogen-bond donors (Lipinski definition) is 3. The maximum absolute atomic E-state index is 13.6. The molecule has 0 spiro atoms. The maximum Gasteiger partial charge on any atom is 0.251 e. The monoisotopic (exact) mass is 405 g/mol. The predicted molar refractivity (Wildman–Crippen MR) is 112 cm³/mol. The van der Waals surface area contributed by atoms with Gasteiger partial charge in [0.25, 0.3) is 5.91 Å². The molecule has 0 aromatic heterocycles. The summed E-state index contributed by atoms with van der Waals surface area (Å²) in [5.41, 5.74) is 0.822. The van der Waals surface area contributed by atoms with Gasteiger partial charge in [-0.2, -0.15) is 0 Å². The van der Waals surface area contributed by atoms with Crippen molar-refractivity contribution in [1.29, 1.82) is 0 Å². The molecule has 1 aromatic rings. The fourth-order valence-corrected chi connectivity index (χ4v) is 3.31. The molecule has 29 heavy (non-hydrogen) atoms. The Bertz CT molecular complexity index is 730. The molecular weight excluding hydrogens is 373 g/mol. The highest BCUT2D eigenvalue weighted by Gasteiger charge is 2.23. The Hall–Kier alpha value is -2.64. The second-order valence-corrected chi connectivity index (χ2v) is 7.26. The first kappa shape index (κ1) is 22.6. The van der Waals surface area contributed by atoms with E-state index in [1.54, 1.807) is 26.1 Å². The second kappa shape index (κ2) is 11.4. The van der Waals surface area contributed by atoms with E-state index in [2.05, 4.69) is 25.8 Å². The number of amides is 2. The van der Waals surface area contributed by atoms with Crippen molar-refractivity contribution in [2.45, 2.75) is 33.1 Å². The molecule has 0 atom stereocenters. The van der Waals surface area contributed by atoms with Crippen molar-refractivity contribution in [3.8, 4) is 0 Å². The normalized spacial score (nSPS) is 15.2. The van der Waals surface area contributed by atoms with Gasteiger partial charge in [0.1, 0.15) is 5.82 Å². The van der Waals surface area contributed by atoms with Crippen LogP contribution in [0, 0.1) is 18.7 Å². The molecule has 3 N–H and O–H groups in total. The van der Waals surface area contributed by atoms with Crippen molar-refractivity contribution in [1.82, 2.24) is 20.9 Å². The van der Waals surface area contributed by atoms with E-state index in [4.69, 9.17) is 0 Å². The number of aliphatic imine (C=N–C) groups is 1. The van der Waals surface area contributed by atoms with Crippen LogP contribution in [0.1, 0.15) is 42.1 Å². The fraction of sp³-hybridized carbons (Fsp3) is 0.571. The first-order valence-corrected chi connectivity index (χ1v) is 10.2. The SMILES string of the molecule is CCNC(=NCCNC(=O)c1ccc(C)c(F)c1)N1CCC(CC(=O)NC)CC1. The number of likely N-dealkylation sites (tertiary alicyclic amines) is 1. The minimum atomic E-state index is -0.384. The van der Waals surface area contributed by atoms with Gasteiger partial charge in [0.15, 0.2) is 5.96 Å². The van der Waals surface area contributed by atoms with Crippen LogP contribution in [-0.2, 0) is 4.79 Å². The van der Waals surface area contributed by atoms with E-state index in [0.717, 1.165) is 38.4 Å². The minimum absolute atomic E-state index is 0.0909. The van der Waals surface area contributed by atoms with Crippen molar-refractivity contribution in [3.63, 3.8) is 0 Å². The van der Waals surface area contributed by atoms with Gasteiger partial charge >= 0.3 is 0 Å². The molecular formula is C21H32FN5O2. The Morgan fingerprint density at radius 1 is 1.24 bits per heavy atom. The standard InChI is InChI=1S/C21H32FN5O2/c1-4-24-21(27-11-7-16(8-12-27)13-19(28)23-3)26-10-9-25-20(29)17-6-5-15(2)18(22)14-17/h5-6,14,16H,4,7-13H2,1-3H3,(H,23,28)(H,24,26)(H,25,29). The summed E-state index contributed by atoms with van der Waals surface area (Å²) in [5, 5.41) is 8.75. The third kappa shape index (κ3) is 7.03. The highest BCUT2D eigenvalue weighted by atomic mass is 19.1. The molecule has 0 radical (unpaired) electrons. The number of nitrogens with one attached hydrogen (secondary N) is 3. The van der Waals surface area contributed by atoms with Crippen molar-refractivity contribution < 1.29 is 14.0 Å². The molecule has 0 bridgehead atoms. The molecule has 1 saturated heterocycles. The van der Waals surface area contributed by atoms with Gasteiger partial charge in [0.05, 0.1) is 6.54 Å². The zero-order valence-electron chi connectivity index (χ0n) is 17.6. The summed E-state index contributed by atoms with van der Waals surface area (Å²) in [6, 6.07) is 4.46. The van der Waals surface area contributed by atoms with Gasteiger partial charge in [0.2, 0.25) is 5.91 Å². The van der Waals surface area contributed by atoms with Crippen LogP contribution in [0.4, 0.5) is 4.39 Å². The van der Waals surface area contributed by atoms with Crippen LogP contribution in [0.5, 0.6) is 0 Å². The van der Waals surface area contributed by atoms with E-state index < -0.39 is 0 Å². The third-order valence-electron chi connectivity index (χ3n) is 5.09. The maximum atomic E-state index is 13.6. The summed E-state index contributed by atoms with van der Waals surface area (Å²) in [6.45, 7) is 6.94. The number of halogens is 1. The number of carbonyl (C=O) groups is 2. The number of carbonyl (C=O) groups excluding carboxylic acids is 2. The first-order chi connectivity index (χ1) is 13.9. The Balaban J connectivity index is 1.82. The molecule has 1 aliphatic heterocycles. The number of nitrogens with zero attached hydrogens (tertiary/aromatic N) is 2. The molecule has 1 aliphatic rings. The molecule has 0 saturated carbocycles. The van der Waals surface area contributed by atoms with E-state index >= 15 is 0 Å². The Kier molecular flexibility index (Phi) is 8.89. The quantitative estimate of drug-likeness (QED) is 0.366. The number of guanidine groups is 1. The van der Waals surface area contributed by atoms with Crippen LogP contribution in [0.2, 0.25) is 0 Å². The number of piperidine rings is 1. The molecule has 1 fully saturated rings. The van der Waals surface area contributed by atoms with E-state index in [-0.39, 0.29) is 17.6 Å². The number of aryl methyl sites for hydroxylation is 1. The molecule has 160 valence electrons. The molecule has 0 aliphatic carbocycles. The summed E-state index contributed by atoms with van der Waals surface area (Å²) in [6.07, 6.45) is 2.48. The van der Waals surface area contributed by atoms with E-state index in [1.165, 1.54) is 6.07 Å². The average Bonchev–Trinajstić information content (AvgIpc) is 2.72. The summed E-state index contributed by atoms with van der Waals surface area (Å²) < 4.78 is 13.6. The smallest absolute Gasteiger partial charge is 0.251 e. The molecule has 0 unspecified atom stereocenters. The van der Waals surface area contributed by atoms with Crippen LogP contribution in [0.25, 0.3) is 0 Å². The minimum Gasteiger partial charge on any atom is -0.359 e. The van der Waals surface area contributed by atoms with Crippen molar-refractivity contribution in [2.75, 3.05) is 39.8 Å². The summed E-state index contributed by atoms with van der Waals surface area (Å²) in [7, 11) is 1.67. The average molecular weight is 406 g/mol. The van der Waals surface area contributed by atoms with Gasteiger partial charge in [-0.25, -0.2) is 4.39 Å². The number of rotatable bonds is 7. The summed E-state index contributed by atoms with van der Waals surface area (Å²) >= 11 is 0. The van der Waals surface area contributed by atoms with Crippen LogP contribution in [-0.4, -0.2) is 62.4 Å². The molecule has 1 aromatic carbocycles. The first-order valence-electron chi connectivity index (χ1n) is 10.2. The van der Waals surface area contributed by atoms with Gasteiger partial charge in [-0.1, -0.05) is 6.07 Å². The van der Waals surface area contributed by atoms with Crippen LogP contribution in [0.15, 0.2) is 23.2 Å². The van der Waals surface area contributed by atoms with Crippen LogP contribution >= 0.6 is 0 Å². The predicted octanol–water partition coefficient (Wildman–Crippen LogP) is 1.68. The Morgan fingerprint density at radius 2 is 1.97 bits per heavy atom. The molecule has 8 heteroatoms. The zero-order valence-corrected chi connectivity index (χ0v) is 17.6. The fourth-order valence-electron chi connectivity index (χ4n) is 3.31. The zero-order chi connectivity index (χ0) is 21.2. The Morgan fingerprint density at radius 3 is 2.59 bits per heavy atom. The topological polar surface area (TPSA) is 85.8 Å². The van der Waals surface area contributed by atoms with Crippen LogP contribution in [0.3, 0.4) is 0 Å². The van der Waals surface area contributed by atoms with E-state index in [0.29, 0.717) is 36.6 Å². The second-order valence-electron chi connectivity index (χ2n) is 7.26. The molecule has 2 amide bonds. The molecule has 2 rings (SSSR count). The highest BCUT2D eigenvalue weighted by Crippen LogP contribution is 2.20. The lowest BCUT2D eigenvalue weighted by molar-refractivity contribution is -0.121. The third-order valence-corrected chi connectivity index (χ3v) is 5.09. The van der Waals surface area contributed by atoms with Gasteiger partial charge in [-0.3, -0.25) is 14.6 Å². The molecule has 7 nitrogen and oxygen atoms in total. The summed E-state index contributed by atoms with van der Waals surface area (Å²) in [5.74, 6) is 0.627. The lowest BCUT2D eigenvalue weighted by Crippen LogP contribution is -2.46. The van der Waals surface area contributed by atoms with Crippen molar-refractivity contribution >= 4 is 17.8 Å².